The fourth-order valence-electron chi connectivity index (χ4n) is 3.93. The minimum atomic E-state index is 0.299. The molecule has 3 aromatic rings. The van der Waals surface area contributed by atoms with Crippen molar-refractivity contribution in [1.29, 1.82) is 10.8 Å². The number of benzene rings is 1. The zero-order valence-electron chi connectivity index (χ0n) is 18.4. The predicted octanol–water partition coefficient (Wildman–Crippen LogP) is 4.43. The van der Waals surface area contributed by atoms with Crippen LogP contribution in [0.2, 0.25) is 0 Å². The van der Waals surface area contributed by atoms with Gasteiger partial charge in [0.05, 0.1) is 23.6 Å². The standard InChI is InChI=1S/C24H28N8S/c1-15(22-14-33-23(31-22)13-32-5-3-2-4-6-32)30-21-9-16(8-20(27)19(21)11-26)18-7-17(10-25)24(28)29-12-18/h7-12,14,25-26,30H,1-6,13,27H2,(H2,28,29). The molecular formula is C24H28N8S. The van der Waals surface area contributed by atoms with Gasteiger partial charge in [-0.3, -0.25) is 4.90 Å². The van der Waals surface area contributed by atoms with E-state index in [9.17, 15) is 0 Å². The van der Waals surface area contributed by atoms with Crippen LogP contribution in [0.5, 0.6) is 0 Å². The molecule has 7 N–H and O–H groups in total. The van der Waals surface area contributed by atoms with Crippen molar-refractivity contribution >= 4 is 46.7 Å². The first-order valence-corrected chi connectivity index (χ1v) is 11.7. The summed E-state index contributed by atoms with van der Waals surface area (Å²) in [6.45, 7) is 7.29. The third-order valence-electron chi connectivity index (χ3n) is 5.75. The van der Waals surface area contributed by atoms with Crippen molar-refractivity contribution in [2.75, 3.05) is 29.9 Å². The van der Waals surface area contributed by atoms with Gasteiger partial charge in [-0.2, -0.15) is 0 Å². The lowest BCUT2D eigenvalue weighted by Gasteiger charge is -2.25. The molecule has 9 heteroatoms. The minimum absolute atomic E-state index is 0.299. The predicted molar refractivity (Wildman–Crippen MR) is 138 cm³/mol. The van der Waals surface area contributed by atoms with E-state index in [1.54, 1.807) is 29.7 Å². The summed E-state index contributed by atoms with van der Waals surface area (Å²) in [5.74, 6) is 0.299. The van der Waals surface area contributed by atoms with E-state index in [0.29, 0.717) is 34.0 Å². The maximum atomic E-state index is 7.84. The number of nitrogens with one attached hydrogen (secondary N) is 3. The van der Waals surface area contributed by atoms with Gasteiger partial charge in [0.25, 0.3) is 0 Å². The highest BCUT2D eigenvalue weighted by atomic mass is 32.1. The van der Waals surface area contributed by atoms with E-state index < -0.39 is 0 Å². The number of nitrogens with zero attached hydrogens (tertiary/aromatic N) is 3. The first-order valence-electron chi connectivity index (χ1n) is 10.8. The number of nitrogen functional groups attached to an aromatic ring is 2. The number of anilines is 3. The fourth-order valence-corrected chi connectivity index (χ4v) is 4.78. The van der Waals surface area contributed by atoms with Crippen LogP contribution in [0.3, 0.4) is 0 Å². The molecule has 0 aliphatic carbocycles. The summed E-state index contributed by atoms with van der Waals surface area (Å²) >= 11 is 1.64. The number of hydrogen-bond acceptors (Lipinski definition) is 9. The van der Waals surface area contributed by atoms with Crippen LogP contribution in [0.15, 0.2) is 36.4 Å². The van der Waals surface area contributed by atoms with Crippen molar-refractivity contribution in [3.63, 3.8) is 0 Å². The average molecular weight is 461 g/mol. The van der Waals surface area contributed by atoms with Crippen molar-refractivity contribution in [2.45, 2.75) is 25.8 Å². The van der Waals surface area contributed by atoms with E-state index in [2.05, 4.69) is 21.8 Å². The molecule has 0 amide bonds. The molecule has 2 aromatic heterocycles. The molecule has 0 bridgehead atoms. The number of aromatic nitrogens is 2. The maximum absolute atomic E-state index is 7.84. The molecule has 4 rings (SSSR count). The summed E-state index contributed by atoms with van der Waals surface area (Å²) < 4.78 is 0. The molecule has 170 valence electrons. The summed E-state index contributed by atoms with van der Waals surface area (Å²) in [5.41, 5.74) is 17.3. The Morgan fingerprint density at radius 3 is 2.64 bits per heavy atom. The van der Waals surface area contributed by atoms with Crippen LogP contribution in [0.1, 0.15) is 41.1 Å². The Labute approximate surface area is 197 Å². The van der Waals surface area contributed by atoms with E-state index in [1.807, 2.05) is 11.4 Å². The zero-order chi connectivity index (χ0) is 23.4. The van der Waals surface area contributed by atoms with Gasteiger partial charge in [-0.05, 0) is 49.7 Å². The third kappa shape index (κ3) is 5.10. The van der Waals surface area contributed by atoms with Gasteiger partial charge in [-0.1, -0.05) is 13.0 Å². The molecule has 0 unspecified atom stereocenters. The van der Waals surface area contributed by atoms with Crippen molar-refractivity contribution in [3.05, 3.63) is 58.2 Å². The third-order valence-corrected chi connectivity index (χ3v) is 6.58. The van der Waals surface area contributed by atoms with Crippen molar-refractivity contribution < 1.29 is 0 Å². The summed E-state index contributed by atoms with van der Waals surface area (Å²) in [5, 5.41) is 21.7. The highest BCUT2D eigenvalue weighted by molar-refractivity contribution is 7.09. The molecular weight excluding hydrogens is 432 g/mol. The molecule has 8 nitrogen and oxygen atoms in total. The normalized spacial score (nSPS) is 14.1. The van der Waals surface area contributed by atoms with E-state index in [-0.39, 0.29) is 0 Å². The van der Waals surface area contributed by atoms with Gasteiger partial charge in [0, 0.05) is 46.4 Å². The number of pyridine rings is 1. The Morgan fingerprint density at radius 2 is 1.91 bits per heavy atom. The molecule has 1 aliphatic rings. The second kappa shape index (κ2) is 9.93. The van der Waals surface area contributed by atoms with E-state index in [1.165, 1.54) is 31.7 Å². The van der Waals surface area contributed by atoms with Gasteiger partial charge in [0.2, 0.25) is 0 Å². The monoisotopic (exact) mass is 460 g/mol. The van der Waals surface area contributed by atoms with Gasteiger partial charge in [0.1, 0.15) is 10.8 Å². The Morgan fingerprint density at radius 1 is 1.12 bits per heavy atom. The van der Waals surface area contributed by atoms with Gasteiger partial charge in [-0.25, -0.2) is 9.97 Å². The Balaban J connectivity index is 1.57. The van der Waals surface area contributed by atoms with Crippen LogP contribution in [-0.2, 0) is 6.54 Å². The quantitative estimate of drug-likeness (QED) is 0.249. The summed E-state index contributed by atoms with van der Waals surface area (Å²) in [6, 6.07) is 5.47. The average Bonchev–Trinajstić information content (AvgIpc) is 3.28. The number of nitrogens with two attached hydrogens (primary N) is 2. The second-order valence-corrected chi connectivity index (χ2v) is 9.02. The number of likely N-dealkylation sites (tertiary alicyclic amines) is 1. The zero-order valence-corrected chi connectivity index (χ0v) is 19.2. The van der Waals surface area contributed by atoms with Gasteiger partial charge >= 0.3 is 0 Å². The van der Waals surface area contributed by atoms with Crippen molar-refractivity contribution in [3.8, 4) is 11.1 Å². The lowest BCUT2D eigenvalue weighted by molar-refractivity contribution is 0.220. The molecule has 0 atom stereocenters. The highest BCUT2D eigenvalue weighted by Crippen LogP contribution is 2.32. The van der Waals surface area contributed by atoms with Crippen LogP contribution in [0, 0.1) is 10.8 Å². The second-order valence-electron chi connectivity index (χ2n) is 8.08. The largest absolute Gasteiger partial charge is 0.398 e. The molecule has 1 aliphatic heterocycles. The number of hydrogen-bond donors (Lipinski definition) is 5. The molecule has 1 fully saturated rings. The first kappa shape index (κ1) is 22.6. The SMILES string of the molecule is C=C(Nc1cc(-c2cnc(N)c(C=N)c2)cc(N)c1C=N)c1csc(CN2CCCCC2)n1. The summed E-state index contributed by atoms with van der Waals surface area (Å²) in [7, 11) is 0. The van der Waals surface area contributed by atoms with E-state index in [4.69, 9.17) is 27.3 Å². The maximum Gasteiger partial charge on any atom is 0.132 e. The van der Waals surface area contributed by atoms with Crippen LogP contribution < -0.4 is 16.8 Å². The minimum Gasteiger partial charge on any atom is -0.398 e. The Bertz CT molecular complexity index is 1190. The molecule has 1 aromatic carbocycles. The Kier molecular flexibility index (Phi) is 6.81. The van der Waals surface area contributed by atoms with E-state index >= 15 is 0 Å². The smallest absolute Gasteiger partial charge is 0.132 e. The highest BCUT2D eigenvalue weighted by Gasteiger charge is 2.15. The molecule has 0 saturated carbocycles. The molecule has 1 saturated heterocycles. The molecule has 33 heavy (non-hydrogen) atoms. The fraction of sp³-hybridized carbons (Fsp3) is 0.250. The van der Waals surface area contributed by atoms with Crippen LogP contribution in [0.4, 0.5) is 17.2 Å². The van der Waals surface area contributed by atoms with E-state index in [0.717, 1.165) is 41.5 Å². The van der Waals surface area contributed by atoms with Crippen LogP contribution in [0.25, 0.3) is 16.8 Å². The van der Waals surface area contributed by atoms with Gasteiger partial charge in [0.15, 0.2) is 0 Å². The Hall–Kier alpha value is -3.56. The van der Waals surface area contributed by atoms with Crippen LogP contribution in [-0.4, -0.2) is 40.4 Å². The number of thiazole rings is 1. The summed E-state index contributed by atoms with van der Waals surface area (Å²) in [6.07, 6.45) is 7.86. The molecule has 0 spiro atoms. The first-order chi connectivity index (χ1) is 16.0. The number of piperidine rings is 1. The van der Waals surface area contributed by atoms with Crippen LogP contribution >= 0.6 is 11.3 Å². The number of rotatable bonds is 8. The molecule has 3 heterocycles. The van der Waals surface area contributed by atoms with Gasteiger partial charge < -0.3 is 27.6 Å². The van der Waals surface area contributed by atoms with Crippen molar-refractivity contribution in [1.82, 2.24) is 14.9 Å². The summed E-state index contributed by atoms with van der Waals surface area (Å²) in [4.78, 5) is 11.4. The lowest BCUT2D eigenvalue weighted by atomic mass is 10.0. The topological polar surface area (TPSA) is 141 Å². The van der Waals surface area contributed by atoms with Gasteiger partial charge in [-0.15, -0.1) is 11.3 Å². The molecule has 0 radical (unpaired) electrons. The van der Waals surface area contributed by atoms with Crippen molar-refractivity contribution in [2.24, 2.45) is 0 Å². The lowest BCUT2D eigenvalue weighted by Crippen LogP contribution is -2.29.